The quantitative estimate of drug-likeness (QED) is 0.606. The van der Waals surface area contributed by atoms with Gasteiger partial charge in [0.1, 0.15) is 0 Å². The molecule has 5 heteroatoms. The second kappa shape index (κ2) is 10.5. The number of amides is 1. The van der Waals surface area contributed by atoms with Crippen molar-refractivity contribution in [1.82, 2.24) is 10.2 Å². The van der Waals surface area contributed by atoms with Crippen LogP contribution in [0.4, 0.5) is 0 Å². The maximum Gasteiger partial charge on any atom is 0.249 e. The molecule has 0 saturated carbocycles. The van der Waals surface area contributed by atoms with Crippen LogP contribution in [0.1, 0.15) is 47.7 Å². The van der Waals surface area contributed by atoms with E-state index in [1.807, 2.05) is 18.2 Å². The van der Waals surface area contributed by atoms with Gasteiger partial charge in [0.2, 0.25) is 5.91 Å². The van der Waals surface area contributed by atoms with Crippen LogP contribution in [0.2, 0.25) is 0 Å². The first-order chi connectivity index (χ1) is 14.1. The van der Waals surface area contributed by atoms with Gasteiger partial charge >= 0.3 is 0 Å². The number of benzene rings is 2. The van der Waals surface area contributed by atoms with E-state index in [4.69, 9.17) is 10.5 Å². The molecule has 156 valence electrons. The number of nitrogens with two attached hydrogens (primary N) is 1. The molecule has 29 heavy (non-hydrogen) atoms. The van der Waals surface area contributed by atoms with Crippen LogP contribution in [0.3, 0.4) is 0 Å². The molecule has 0 bridgehead atoms. The van der Waals surface area contributed by atoms with Gasteiger partial charge in [0, 0.05) is 44.9 Å². The van der Waals surface area contributed by atoms with Gasteiger partial charge in [-0.3, -0.25) is 4.79 Å². The normalized spacial score (nSPS) is 16.6. The number of carbonyl (C=O) groups excluding carboxylic acids is 1. The standard InChI is InChI=1S/C24H33N3O2/c1-2-18-29-24(21-9-4-3-5-10-21)12-15-27(16-13-24)17-14-26-19-20-8-6-7-11-22(20)23(25)28/h3-11,26H,2,12-19H2,1H3,(H2,25,28). The molecule has 2 aromatic rings. The second-order valence-electron chi connectivity index (χ2n) is 7.75. The molecule has 1 aliphatic rings. The van der Waals surface area contributed by atoms with E-state index in [0.29, 0.717) is 12.1 Å². The largest absolute Gasteiger partial charge is 0.370 e. The van der Waals surface area contributed by atoms with Gasteiger partial charge in [0.05, 0.1) is 5.60 Å². The highest BCUT2D eigenvalue weighted by Crippen LogP contribution is 2.36. The van der Waals surface area contributed by atoms with E-state index in [9.17, 15) is 4.79 Å². The molecule has 1 heterocycles. The molecule has 1 saturated heterocycles. The first kappa shape index (κ1) is 21.5. The van der Waals surface area contributed by atoms with Crippen molar-refractivity contribution in [2.24, 2.45) is 5.73 Å². The van der Waals surface area contributed by atoms with Gasteiger partial charge in [0.25, 0.3) is 0 Å². The third-order valence-corrected chi connectivity index (χ3v) is 5.75. The van der Waals surface area contributed by atoms with Crippen LogP contribution in [0.25, 0.3) is 0 Å². The van der Waals surface area contributed by atoms with E-state index >= 15 is 0 Å². The zero-order chi connectivity index (χ0) is 20.5. The molecule has 1 fully saturated rings. The zero-order valence-electron chi connectivity index (χ0n) is 17.4. The first-order valence-corrected chi connectivity index (χ1v) is 10.6. The van der Waals surface area contributed by atoms with Gasteiger partial charge in [-0.15, -0.1) is 0 Å². The fraction of sp³-hybridized carbons (Fsp3) is 0.458. The highest BCUT2D eigenvalue weighted by Gasteiger charge is 2.36. The summed E-state index contributed by atoms with van der Waals surface area (Å²) in [4.78, 5) is 14.0. The summed E-state index contributed by atoms with van der Waals surface area (Å²) in [5.41, 5.74) is 8.16. The molecule has 0 spiro atoms. The third-order valence-electron chi connectivity index (χ3n) is 5.75. The van der Waals surface area contributed by atoms with Crippen molar-refractivity contribution in [2.45, 2.75) is 38.3 Å². The van der Waals surface area contributed by atoms with E-state index in [-0.39, 0.29) is 11.5 Å². The summed E-state index contributed by atoms with van der Waals surface area (Å²) in [7, 11) is 0. The van der Waals surface area contributed by atoms with Gasteiger partial charge < -0.3 is 20.7 Å². The number of piperidine rings is 1. The van der Waals surface area contributed by atoms with Crippen LogP contribution in [-0.2, 0) is 16.9 Å². The molecule has 0 unspecified atom stereocenters. The summed E-state index contributed by atoms with van der Waals surface area (Å²) in [5.74, 6) is -0.372. The smallest absolute Gasteiger partial charge is 0.249 e. The number of nitrogens with zero attached hydrogens (tertiary/aromatic N) is 1. The van der Waals surface area contributed by atoms with Crippen molar-refractivity contribution < 1.29 is 9.53 Å². The van der Waals surface area contributed by atoms with Crippen molar-refractivity contribution in [3.8, 4) is 0 Å². The second-order valence-corrected chi connectivity index (χ2v) is 7.75. The minimum Gasteiger partial charge on any atom is -0.370 e. The van der Waals surface area contributed by atoms with Crippen LogP contribution >= 0.6 is 0 Å². The minimum atomic E-state index is -0.372. The SMILES string of the molecule is CCCOC1(c2ccccc2)CCN(CCNCc2ccccc2C(N)=O)CC1. The molecule has 0 atom stereocenters. The average Bonchev–Trinajstić information content (AvgIpc) is 2.77. The topological polar surface area (TPSA) is 67.6 Å². The zero-order valence-corrected chi connectivity index (χ0v) is 17.4. The molecule has 3 rings (SSSR count). The van der Waals surface area contributed by atoms with Crippen LogP contribution in [0.5, 0.6) is 0 Å². The van der Waals surface area contributed by atoms with Gasteiger partial charge in [0.15, 0.2) is 0 Å². The lowest BCUT2D eigenvalue weighted by Crippen LogP contribution is -2.46. The predicted octanol–water partition coefficient (Wildman–Crippen LogP) is 3.29. The van der Waals surface area contributed by atoms with Crippen LogP contribution < -0.4 is 11.1 Å². The lowest BCUT2D eigenvalue weighted by Gasteiger charge is -2.42. The molecule has 0 aliphatic carbocycles. The fourth-order valence-electron chi connectivity index (χ4n) is 4.07. The molecule has 1 aliphatic heterocycles. The monoisotopic (exact) mass is 395 g/mol. The number of hydrogen-bond acceptors (Lipinski definition) is 4. The summed E-state index contributed by atoms with van der Waals surface area (Å²) >= 11 is 0. The van der Waals surface area contributed by atoms with Crippen LogP contribution in [-0.4, -0.2) is 43.6 Å². The number of nitrogens with one attached hydrogen (secondary N) is 1. The number of rotatable bonds is 10. The highest BCUT2D eigenvalue weighted by molar-refractivity contribution is 5.94. The summed E-state index contributed by atoms with van der Waals surface area (Å²) in [6.07, 6.45) is 3.07. The molecule has 2 aromatic carbocycles. The lowest BCUT2D eigenvalue weighted by molar-refractivity contribution is -0.0895. The Hall–Kier alpha value is -2.21. The highest BCUT2D eigenvalue weighted by atomic mass is 16.5. The van der Waals surface area contributed by atoms with E-state index in [0.717, 1.165) is 57.6 Å². The van der Waals surface area contributed by atoms with Gasteiger partial charge in [-0.05, 0) is 36.5 Å². The number of likely N-dealkylation sites (tertiary alicyclic amines) is 1. The Labute approximate surface area is 174 Å². The van der Waals surface area contributed by atoms with Crippen molar-refractivity contribution in [3.63, 3.8) is 0 Å². The van der Waals surface area contributed by atoms with Crippen molar-refractivity contribution in [1.29, 1.82) is 0 Å². The van der Waals surface area contributed by atoms with Crippen LogP contribution in [0.15, 0.2) is 54.6 Å². The van der Waals surface area contributed by atoms with Gasteiger partial charge in [-0.2, -0.15) is 0 Å². The Morgan fingerprint density at radius 2 is 1.79 bits per heavy atom. The Morgan fingerprint density at radius 3 is 2.48 bits per heavy atom. The molecule has 5 nitrogen and oxygen atoms in total. The molecule has 0 aromatic heterocycles. The molecular weight excluding hydrogens is 362 g/mol. The van der Waals surface area contributed by atoms with Crippen LogP contribution in [0, 0.1) is 0 Å². The van der Waals surface area contributed by atoms with Crippen molar-refractivity contribution >= 4 is 5.91 Å². The van der Waals surface area contributed by atoms with E-state index in [2.05, 4.69) is 47.5 Å². The maximum absolute atomic E-state index is 11.5. The van der Waals surface area contributed by atoms with E-state index in [1.54, 1.807) is 6.07 Å². The number of carbonyl (C=O) groups is 1. The lowest BCUT2D eigenvalue weighted by atomic mass is 9.84. The maximum atomic E-state index is 11.5. The first-order valence-electron chi connectivity index (χ1n) is 10.6. The summed E-state index contributed by atoms with van der Waals surface area (Å²) in [6, 6.07) is 18.2. The summed E-state index contributed by atoms with van der Waals surface area (Å²) in [5, 5.41) is 3.45. The summed E-state index contributed by atoms with van der Waals surface area (Å²) < 4.78 is 6.39. The number of ether oxygens (including phenoxy) is 1. The average molecular weight is 396 g/mol. The summed E-state index contributed by atoms with van der Waals surface area (Å²) in [6.45, 7) is 7.53. The molecule has 1 amide bonds. The van der Waals surface area contributed by atoms with Gasteiger partial charge in [-0.25, -0.2) is 0 Å². The molecular formula is C24H33N3O2. The molecule has 3 N–H and O–H groups in total. The van der Waals surface area contributed by atoms with Gasteiger partial charge in [-0.1, -0.05) is 55.5 Å². The Kier molecular flexibility index (Phi) is 7.81. The van der Waals surface area contributed by atoms with Crippen molar-refractivity contribution in [3.05, 3.63) is 71.3 Å². The van der Waals surface area contributed by atoms with E-state index < -0.39 is 0 Å². The van der Waals surface area contributed by atoms with Crippen molar-refractivity contribution in [2.75, 3.05) is 32.8 Å². The van der Waals surface area contributed by atoms with E-state index in [1.165, 1.54) is 5.56 Å². The third kappa shape index (κ3) is 5.66. The number of primary amides is 1. The Morgan fingerprint density at radius 1 is 1.10 bits per heavy atom. The minimum absolute atomic E-state index is 0.151. The predicted molar refractivity (Wildman–Crippen MR) is 117 cm³/mol. The molecule has 0 radical (unpaired) electrons. The Balaban J connectivity index is 1.48. The Bertz CT molecular complexity index is 771. The fourth-order valence-corrected chi connectivity index (χ4v) is 4.07. The number of hydrogen-bond donors (Lipinski definition) is 2.